The zero-order valence-electron chi connectivity index (χ0n) is 11.2. The van der Waals surface area contributed by atoms with Crippen molar-refractivity contribution < 1.29 is 10.0 Å². The highest BCUT2D eigenvalue weighted by atomic mass is 16.6. The SMILES string of the molecule is CCC(C(O)c1ccc(CC(C)C)cc1)[N+](=O)[O-]. The third-order valence-electron chi connectivity index (χ3n) is 3.02. The van der Waals surface area contributed by atoms with Crippen LogP contribution < -0.4 is 0 Å². The molecule has 1 N–H and O–H groups in total. The van der Waals surface area contributed by atoms with Gasteiger partial charge in [0.15, 0.2) is 0 Å². The first kappa shape index (κ1) is 14.6. The molecule has 0 aliphatic rings. The van der Waals surface area contributed by atoms with Crippen LogP contribution in [-0.2, 0) is 6.42 Å². The Kier molecular flexibility index (Phi) is 5.28. The number of nitrogens with zero attached hydrogens (tertiary/aromatic N) is 1. The lowest BCUT2D eigenvalue weighted by Crippen LogP contribution is -2.26. The van der Waals surface area contributed by atoms with Crippen LogP contribution in [0.1, 0.15) is 44.4 Å². The van der Waals surface area contributed by atoms with Crippen LogP contribution in [0.15, 0.2) is 24.3 Å². The predicted octanol–water partition coefficient (Wildman–Crippen LogP) is 2.97. The molecule has 0 saturated carbocycles. The van der Waals surface area contributed by atoms with Crippen molar-refractivity contribution in [3.8, 4) is 0 Å². The lowest BCUT2D eigenvalue weighted by atomic mass is 9.97. The third kappa shape index (κ3) is 3.81. The maximum absolute atomic E-state index is 10.8. The van der Waals surface area contributed by atoms with E-state index >= 15 is 0 Å². The summed E-state index contributed by atoms with van der Waals surface area (Å²) in [5, 5.41) is 20.8. The van der Waals surface area contributed by atoms with Crippen molar-refractivity contribution in [3.05, 3.63) is 45.5 Å². The van der Waals surface area contributed by atoms with Crippen molar-refractivity contribution in [2.75, 3.05) is 0 Å². The lowest BCUT2D eigenvalue weighted by Gasteiger charge is -2.15. The largest absolute Gasteiger partial charge is 0.381 e. The maximum Gasteiger partial charge on any atom is 0.242 e. The van der Waals surface area contributed by atoms with Gasteiger partial charge in [-0.05, 0) is 23.5 Å². The number of nitro groups is 1. The molecule has 1 aromatic rings. The summed E-state index contributed by atoms with van der Waals surface area (Å²) >= 11 is 0. The molecule has 0 amide bonds. The van der Waals surface area contributed by atoms with Crippen LogP contribution in [0.4, 0.5) is 0 Å². The van der Waals surface area contributed by atoms with E-state index in [4.69, 9.17) is 0 Å². The topological polar surface area (TPSA) is 63.4 Å². The predicted molar refractivity (Wildman–Crippen MR) is 71.0 cm³/mol. The van der Waals surface area contributed by atoms with Gasteiger partial charge in [0.25, 0.3) is 0 Å². The number of rotatable bonds is 6. The molecule has 100 valence electrons. The number of benzene rings is 1. The summed E-state index contributed by atoms with van der Waals surface area (Å²) in [6.45, 7) is 6.00. The van der Waals surface area contributed by atoms with Crippen molar-refractivity contribution in [1.82, 2.24) is 0 Å². The van der Waals surface area contributed by atoms with Gasteiger partial charge in [-0.2, -0.15) is 0 Å². The summed E-state index contributed by atoms with van der Waals surface area (Å²) in [4.78, 5) is 10.4. The van der Waals surface area contributed by atoms with Crippen molar-refractivity contribution in [3.63, 3.8) is 0 Å². The summed E-state index contributed by atoms with van der Waals surface area (Å²) in [5.74, 6) is 0.572. The average Bonchev–Trinajstić information content (AvgIpc) is 2.29. The van der Waals surface area contributed by atoms with Crippen LogP contribution in [0.5, 0.6) is 0 Å². The first-order chi connectivity index (χ1) is 8.45. The number of hydrogen-bond donors (Lipinski definition) is 1. The first-order valence-electron chi connectivity index (χ1n) is 6.36. The number of hydrogen-bond acceptors (Lipinski definition) is 3. The van der Waals surface area contributed by atoms with Crippen LogP contribution in [-0.4, -0.2) is 16.1 Å². The van der Waals surface area contributed by atoms with Gasteiger partial charge in [0, 0.05) is 11.3 Å². The molecule has 0 heterocycles. The zero-order valence-corrected chi connectivity index (χ0v) is 11.2. The molecular weight excluding hydrogens is 230 g/mol. The standard InChI is InChI=1S/C14H21NO3/c1-4-13(15(17)18)14(16)12-7-5-11(6-8-12)9-10(2)3/h5-8,10,13-14,16H,4,9H2,1-3H3. The van der Waals surface area contributed by atoms with Gasteiger partial charge in [-0.3, -0.25) is 10.1 Å². The molecule has 0 saturated heterocycles. The van der Waals surface area contributed by atoms with E-state index in [0.29, 0.717) is 17.9 Å². The van der Waals surface area contributed by atoms with E-state index in [9.17, 15) is 15.2 Å². The molecule has 18 heavy (non-hydrogen) atoms. The van der Waals surface area contributed by atoms with Crippen molar-refractivity contribution in [1.29, 1.82) is 0 Å². The van der Waals surface area contributed by atoms with Crippen LogP contribution >= 0.6 is 0 Å². The highest BCUT2D eigenvalue weighted by molar-refractivity contribution is 5.25. The minimum atomic E-state index is -1.03. The Morgan fingerprint density at radius 2 is 1.83 bits per heavy atom. The van der Waals surface area contributed by atoms with Crippen LogP contribution in [0, 0.1) is 16.0 Å². The molecule has 4 nitrogen and oxygen atoms in total. The second kappa shape index (κ2) is 6.50. The summed E-state index contributed by atoms with van der Waals surface area (Å²) in [7, 11) is 0. The van der Waals surface area contributed by atoms with Gasteiger partial charge in [0.2, 0.25) is 6.04 Å². The summed E-state index contributed by atoms with van der Waals surface area (Å²) in [6.07, 6.45) is 0.267. The summed E-state index contributed by atoms with van der Waals surface area (Å²) < 4.78 is 0. The van der Waals surface area contributed by atoms with Crippen LogP contribution in [0.3, 0.4) is 0 Å². The van der Waals surface area contributed by atoms with Crippen LogP contribution in [0.2, 0.25) is 0 Å². The minimum Gasteiger partial charge on any atom is -0.381 e. The summed E-state index contributed by atoms with van der Waals surface area (Å²) in [6, 6.07) is 6.51. The van der Waals surface area contributed by atoms with E-state index in [1.54, 1.807) is 19.1 Å². The monoisotopic (exact) mass is 251 g/mol. The second-order valence-corrected chi connectivity index (χ2v) is 5.05. The molecule has 0 bridgehead atoms. The summed E-state index contributed by atoms with van der Waals surface area (Å²) in [5.41, 5.74) is 1.81. The molecule has 2 atom stereocenters. The number of aliphatic hydroxyl groups excluding tert-OH is 1. The quantitative estimate of drug-likeness (QED) is 0.624. The fourth-order valence-corrected chi connectivity index (χ4v) is 2.03. The van der Waals surface area contributed by atoms with E-state index < -0.39 is 17.1 Å². The Morgan fingerprint density at radius 1 is 1.28 bits per heavy atom. The Hall–Kier alpha value is -1.42. The fraction of sp³-hybridized carbons (Fsp3) is 0.571. The van der Waals surface area contributed by atoms with Crippen molar-refractivity contribution in [2.24, 2.45) is 5.92 Å². The van der Waals surface area contributed by atoms with Gasteiger partial charge in [-0.15, -0.1) is 0 Å². The van der Waals surface area contributed by atoms with E-state index in [1.165, 1.54) is 5.56 Å². The molecule has 2 unspecified atom stereocenters. The third-order valence-corrected chi connectivity index (χ3v) is 3.02. The van der Waals surface area contributed by atoms with Crippen molar-refractivity contribution in [2.45, 2.75) is 45.8 Å². The molecule has 0 aromatic heterocycles. The van der Waals surface area contributed by atoms with Gasteiger partial charge in [-0.25, -0.2) is 0 Å². The normalized spacial score (nSPS) is 14.5. The molecule has 4 heteroatoms. The minimum absolute atomic E-state index is 0.321. The smallest absolute Gasteiger partial charge is 0.242 e. The molecule has 0 spiro atoms. The molecule has 0 radical (unpaired) electrons. The zero-order chi connectivity index (χ0) is 13.7. The molecule has 0 aliphatic carbocycles. The highest BCUT2D eigenvalue weighted by Gasteiger charge is 2.28. The fourth-order valence-electron chi connectivity index (χ4n) is 2.03. The van der Waals surface area contributed by atoms with Gasteiger partial charge >= 0.3 is 0 Å². The van der Waals surface area contributed by atoms with Gasteiger partial charge < -0.3 is 5.11 Å². The highest BCUT2D eigenvalue weighted by Crippen LogP contribution is 2.22. The first-order valence-corrected chi connectivity index (χ1v) is 6.36. The lowest BCUT2D eigenvalue weighted by molar-refractivity contribution is -0.536. The molecule has 1 aromatic carbocycles. The van der Waals surface area contributed by atoms with Gasteiger partial charge in [0.1, 0.15) is 6.10 Å². The average molecular weight is 251 g/mol. The molecule has 0 aliphatic heterocycles. The van der Waals surface area contributed by atoms with E-state index in [1.807, 2.05) is 12.1 Å². The van der Waals surface area contributed by atoms with Gasteiger partial charge in [0.05, 0.1) is 0 Å². The van der Waals surface area contributed by atoms with E-state index in [0.717, 1.165) is 6.42 Å². The van der Waals surface area contributed by atoms with E-state index in [2.05, 4.69) is 13.8 Å². The second-order valence-electron chi connectivity index (χ2n) is 5.05. The van der Waals surface area contributed by atoms with Gasteiger partial charge in [-0.1, -0.05) is 45.0 Å². The van der Waals surface area contributed by atoms with Crippen LogP contribution in [0.25, 0.3) is 0 Å². The Morgan fingerprint density at radius 3 is 2.22 bits per heavy atom. The van der Waals surface area contributed by atoms with Crippen molar-refractivity contribution >= 4 is 0 Å². The molecule has 0 fully saturated rings. The Balaban J connectivity index is 2.80. The number of aliphatic hydroxyl groups is 1. The Bertz CT molecular complexity index is 387. The molecule has 1 rings (SSSR count). The maximum atomic E-state index is 10.8. The van der Waals surface area contributed by atoms with E-state index in [-0.39, 0.29) is 0 Å². The Labute approximate surface area is 108 Å². The molecular formula is C14H21NO3.